The number of urea groups is 1. The van der Waals surface area contributed by atoms with Crippen molar-refractivity contribution in [1.82, 2.24) is 10.4 Å². The van der Waals surface area contributed by atoms with Crippen LogP contribution in [-0.4, -0.2) is 28.0 Å². The molecule has 2 rings (SSSR count). The Kier molecular flexibility index (Phi) is 3.31. The summed E-state index contributed by atoms with van der Waals surface area (Å²) in [6.45, 7) is 0. The monoisotopic (exact) mass is 307 g/mol. The van der Waals surface area contributed by atoms with Crippen molar-refractivity contribution in [2.24, 2.45) is 5.73 Å². The summed E-state index contributed by atoms with van der Waals surface area (Å²) in [4.78, 5) is 11.1. The summed E-state index contributed by atoms with van der Waals surface area (Å²) < 4.78 is 38.7. The van der Waals surface area contributed by atoms with Gasteiger partial charge in [0.05, 0.1) is 5.70 Å². The number of hydrazine groups is 1. The van der Waals surface area contributed by atoms with Gasteiger partial charge in [-0.05, 0) is 17.7 Å². The Morgan fingerprint density at radius 2 is 1.90 bits per heavy atom. The highest BCUT2D eigenvalue weighted by atomic mass is 35.5. The van der Waals surface area contributed by atoms with Crippen LogP contribution in [-0.2, 0) is 0 Å². The quantitative estimate of drug-likeness (QED) is 0.740. The standard InChI is InChI=1S/C11H9ClF3N3O2/c12-7-3-1-6(2-4-7)8-5-10(20,11(13,14)15)18(17-8)9(16)19/h1-5,17,20H,(H2,16,19). The molecule has 0 aliphatic carbocycles. The Balaban J connectivity index is 2.45. The first kappa shape index (κ1) is 14.5. The van der Waals surface area contributed by atoms with Gasteiger partial charge in [0.25, 0.3) is 5.72 Å². The average molecular weight is 308 g/mol. The number of nitrogens with two attached hydrogens (primary N) is 1. The van der Waals surface area contributed by atoms with E-state index in [0.29, 0.717) is 16.7 Å². The van der Waals surface area contributed by atoms with Crippen molar-refractivity contribution in [1.29, 1.82) is 0 Å². The van der Waals surface area contributed by atoms with E-state index in [4.69, 9.17) is 17.3 Å². The van der Waals surface area contributed by atoms with Gasteiger partial charge in [-0.25, -0.2) is 4.79 Å². The van der Waals surface area contributed by atoms with Crippen LogP contribution in [0.15, 0.2) is 30.3 Å². The van der Waals surface area contributed by atoms with Gasteiger partial charge in [0.15, 0.2) is 0 Å². The number of alkyl halides is 3. The first-order chi connectivity index (χ1) is 9.15. The highest BCUT2D eigenvalue weighted by molar-refractivity contribution is 6.30. The summed E-state index contributed by atoms with van der Waals surface area (Å²) >= 11 is 5.67. The van der Waals surface area contributed by atoms with Crippen molar-refractivity contribution in [2.75, 3.05) is 0 Å². The van der Waals surface area contributed by atoms with Crippen LogP contribution in [0.4, 0.5) is 18.0 Å². The van der Waals surface area contributed by atoms with E-state index in [-0.39, 0.29) is 10.7 Å². The molecule has 0 radical (unpaired) electrons. The lowest BCUT2D eigenvalue weighted by Gasteiger charge is -2.32. The molecule has 1 aliphatic rings. The maximum Gasteiger partial charge on any atom is 0.442 e. The number of benzene rings is 1. The Morgan fingerprint density at radius 1 is 1.35 bits per heavy atom. The van der Waals surface area contributed by atoms with Gasteiger partial charge in [-0.1, -0.05) is 23.7 Å². The molecule has 0 spiro atoms. The zero-order valence-electron chi connectivity index (χ0n) is 9.78. The highest BCUT2D eigenvalue weighted by Crippen LogP contribution is 2.39. The van der Waals surface area contributed by atoms with Crippen molar-refractivity contribution in [3.05, 3.63) is 40.9 Å². The van der Waals surface area contributed by atoms with Crippen LogP contribution >= 0.6 is 11.6 Å². The second-order valence-electron chi connectivity index (χ2n) is 4.07. The number of carbonyl (C=O) groups is 1. The SMILES string of the molecule is NC(=O)N1NC(c2ccc(Cl)cc2)=CC1(O)C(F)(F)F. The maximum absolute atomic E-state index is 12.9. The third-order valence-corrected chi connectivity index (χ3v) is 2.96. The Labute approximate surface area is 116 Å². The van der Waals surface area contributed by atoms with Crippen LogP contribution in [0.25, 0.3) is 5.70 Å². The number of hydrogen-bond donors (Lipinski definition) is 3. The molecule has 0 aromatic heterocycles. The van der Waals surface area contributed by atoms with Gasteiger partial charge in [0, 0.05) is 11.1 Å². The molecule has 1 unspecified atom stereocenters. The molecule has 4 N–H and O–H groups in total. The molecule has 108 valence electrons. The van der Waals surface area contributed by atoms with Crippen LogP contribution in [0.3, 0.4) is 0 Å². The van der Waals surface area contributed by atoms with Crippen LogP contribution in [0, 0.1) is 0 Å². The molecule has 1 aliphatic heterocycles. The van der Waals surface area contributed by atoms with Gasteiger partial charge in [0.2, 0.25) is 0 Å². The lowest BCUT2D eigenvalue weighted by atomic mass is 10.1. The summed E-state index contributed by atoms with van der Waals surface area (Å²) in [5.74, 6) is 0. The van der Waals surface area contributed by atoms with E-state index in [1.165, 1.54) is 24.3 Å². The van der Waals surface area contributed by atoms with Gasteiger partial charge < -0.3 is 10.8 Å². The lowest BCUT2D eigenvalue weighted by molar-refractivity contribution is -0.282. The van der Waals surface area contributed by atoms with Crippen molar-refractivity contribution in [3.63, 3.8) is 0 Å². The van der Waals surface area contributed by atoms with E-state index < -0.39 is 17.9 Å². The maximum atomic E-state index is 12.9. The molecule has 1 atom stereocenters. The molecule has 9 heteroatoms. The van der Waals surface area contributed by atoms with E-state index in [1.807, 2.05) is 0 Å². The first-order valence-corrected chi connectivity index (χ1v) is 5.67. The second-order valence-corrected chi connectivity index (χ2v) is 4.51. The number of hydrogen-bond acceptors (Lipinski definition) is 3. The normalized spacial score (nSPS) is 22.4. The smallest absolute Gasteiger partial charge is 0.359 e. The Morgan fingerprint density at radius 3 is 2.30 bits per heavy atom. The van der Waals surface area contributed by atoms with Crippen LogP contribution in [0.2, 0.25) is 5.02 Å². The molecule has 1 aromatic rings. The summed E-state index contributed by atoms with van der Waals surface area (Å²) in [6, 6.07) is 4.31. The Hall–Kier alpha value is -1.93. The molecule has 1 heterocycles. The van der Waals surface area contributed by atoms with Crippen molar-refractivity contribution >= 4 is 23.3 Å². The summed E-state index contributed by atoms with van der Waals surface area (Å²) in [5, 5.41) is 9.99. The molecule has 1 aromatic carbocycles. The topological polar surface area (TPSA) is 78.6 Å². The molecule has 0 bridgehead atoms. The zero-order chi connectivity index (χ0) is 15.1. The first-order valence-electron chi connectivity index (χ1n) is 5.29. The molecule has 5 nitrogen and oxygen atoms in total. The third kappa shape index (κ3) is 2.27. The van der Waals surface area contributed by atoms with Gasteiger partial charge in [-0.2, -0.15) is 18.2 Å². The number of aliphatic hydroxyl groups is 1. The van der Waals surface area contributed by atoms with Crippen molar-refractivity contribution in [2.45, 2.75) is 11.9 Å². The average Bonchev–Trinajstić information content (AvgIpc) is 2.69. The highest BCUT2D eigenvalue weighted by Gasteiger charge is 2.61. The number of primary amides is 1. The summed E-state index contributed by atoms with van der Waals surface area (Å²) in [7, 11) is 0. The van der Waals surface area contributed by atoms with Crippen LogP contribution < -0.4 is 11.2 Å². The predicted octanol–water partition coefficient (Wildman–Crippen LogP) is 1.83. The fraction of sp³-hybridized carbons (Fsp3) is 0.182. The number of carbonyl (C=O) groups excluding carboxylic acids is 1. The molecule has 20 heavy (non-hydrogen) atoms. The molecular formula is C11H9ClF3N3O2. The number of halogens is 4. The number of rotatable bonds is 1. The van der Waals surface area contributed by atoms with Crippen molar-refractivity contribution in [3.8, 4) is 0 Å². The minimum atomic E-state index is -5.11. The van der Waals surface area contributed by atoms with Crippen LogP contribution in [0.5, 0.6) is 0 Å². The summed E-state index contributed by atoms with van der Waals surface area (Å²) in [5.41, 5.74) is 3.66. The van der Waals surface area contributed by atoms with E-state index in [1.54, 1.807) is 0 Å². The lowest BCUT2D eigenvalue weighted by Crippen LogP contribution is -2.61. The number of amides is 2. The van der Waals surface area contributed by atoms with Gasteiger partial charge in [0.1, 0.15) is 0 Å². The molecule has 0 saturated carbocycles. The largest absolute Gasteiger partial charge is 0.442 e. The van der Waals surface area contributed by atoms with Gasteiger partial charge >= 0.3 is 12.2 Å². The second kappa shape index (κ2) is 4.57. The molecule has 2 amide bonds. The Bertz CT molecular complexity index is 573. The summed E-state index contributed by atoms with van der Waals surface area (Å²) in [6.07, 6.45) is -4.63. The van der Waals surface area contributed by atoms with Crippen LogP contribution in [0.1, 0.15) is 5.56 Å². The fourth-order valence-electron chi connectivity index (χ4n) is 1.71. The van der Waals surface area contributed by atoms with E-state index in [9.17, 15) is 23.1 Å². The minimum absolute atomic E-state index is 0.0864. The minimum Gasteiger partial charge on any atom is -0.359 e. The molecule has 0 saturated heterocycles. The van der Waals surface area contributed by atoms with E-state index >= 15 is 0 Å². The molecular weight excluding hydrogens is 299 g/mol. The van der Waals surface area contributed by atoms with Gasteiger partial charge in [-0.15, -0.1) is 0 Å². The van der Waals surface area contributed by atoms with E-state index in [0.717, 1.165) is 0 Å². The predicted molar refractivity (Wildman–Crippen MR) is 65.0 cm³/mol. The number of nitrogens with one attached hydrogen (secondary N) is 1. The zero-order valence-corrected chi connectivity index (χ0v) is 10.5. The fourth-order valence-corrected chi connectivity index (χ4v) is 1.84. The van der Waals surface area contributed by atoms with Gasteiger partial charge in [-0.3, -0.25) is 5.43 Å². The third-order valence-electron chi connectivity index (χ3n) is 2.71. The van der Waals surface area contributed by atoms with Crippen molar-refractivity contribution < 1.29 is 23.1 Å². The van der Waals surface area contributed by atoms with E-state index in [2.05, 4.69) is 5.43 Å². The number of nitrogens with zero attached hydrogens (tertiary/aromatic N) is 1. The molecule has 0 fully saturated rings.